The van der Waals surface area contributed by atoms with E-state index in [1.165, 1.54) is 26.5 Å². The van der Waals surface area contributed by atoms with E-state index in [-0.39, 0.29) is 35.0 Å². The Morgan fingerprint density at radius 1 is 1.15 bits per heavy atom. The average molecular weight is 532 g/mol. The van der Waals surface area contributed by atoms with E-state index in [0.29, 0.717) is 41.8 Å². The minimum Gasteiger partial charge on any atom is -0.493 e. The lowest BCUT2D eigenvalue weighted by molar-refractivity contribution is -0.125. The average Bonchev–Trinajstić information content (AvgIpc) is 3.59. The molecule has 1 saturated heterocycles. The molecule has 39 heavy (non-hydrogen) atoms. The van der Waals surface area contributed by atoms with Crippen LogP contribution in [0.4, 0.5) is 14.6 Å². The van der Waals surface area contributed by atoms with Gasteiger partial charge in [-0.15, -0.1) is 0 Å². The molecule has 0 bridgehead atoms. The smallest absolute Gasteiger partial charge is 0.246 e. The number of carbonyl (C=O) groups excluding carboxylic acids is 1. The standard InChI is InChI=1S/C27H23F2N7O3/c1-4-21(37)35-11-8-15(14-35)36-25-17(27-31-9-5-10-32-27)13-33-26(30)22(25)18(34-36)7-6-16-23(28)19(38-2)12-20(39-3)24(16)29/h4-5,9-10,12-13,15H,1,8,11,14H2,2-3H3,(H2,30,33)/t15-/m0/s1. The summed E-state index contributed by atoms with van der Waals surface area (Å²) < 4.78 is 41.7. The topological polar surface area (TPSA) is 121 Å². The van der Waals surface area contributed by atoms with Crippen molar-refractivity contribution in [2.75, 3.05) is 33.0 Å². The molecule has 4 heterocycles. The van der Waals surface area contributed by atoms with Crippen LogP contribution in [0.15, 0.2) is 43.4 Å². The number of fused-ring (bicyclic) bond motifs is 1. The highest BCUT2D eigenvalue weighted by atomic mass is 19.1. The minimum atomic E-state index is -0.981. The predicted octanol–water partition coefficient (Wildman–Crippen LogP) is 3.13. The van der Waals surface area contributed by atoms with Crippen LogP contribution in [0, 0.1) is 23.5 Å². The van der Waals surface area contributed by atoms with Gasteiger partial charge in [-0.2, -0.15) is 5.10 Å². The Labute approximate surface area is 222 Å². The van der Waals surface area contributed by atoms with E-state index in [2.05, 4.69) is 33.4 Å². The van der Waals surface area contributed by atoms with E-state index >= 15 is 0 Å². The first-order chi connectivity index (χ1) is 18.9. The number of aromatic nitrogens is 5. The van der Waals surface area contributed by atoms with E-state index < -0.39 is 17.2 Å². The molecule has 1 atom stereocenters. The number of anilines is 1. The maximum Gasteiger partial charge on any atom is 0.246 e. The number of likely N-dealkylation sites (tertiary alicyclic amines) is 1. The van der Waals surface area contributed by atoms with Gasteiger partial charge in [0.15, 0.2) is 29.0 Å². The van der Waals surface area contributed by atoms with Crippen molar-refractivity contribution in [2.45, 2.75) is 12.5 Å². The van der Waals surface area contributed by atoms with E-state index in [4.69, 9.17) is 20.3 Å². The van der Waals surface area contributed by atoms with Gasteiger partial charge in [0, 0.05) is 37.7 Å². The molecule has 5 rings (SSSR count). The van der Waals surface area contributed by atoms with Crippen molar-refractivity contribution in [3.8, 4) is 34.7 Å². The summed E-state index contributed by atoms with van der Waals surface area (Å²) in [7, 11) is 2.51. The summed E-state index contributed by atoms with van der Waals surface area (Å²) in [5.74, 6) is 3.18. The highest BCUT2D eigenvalue weighted by Crippen LogP contribution is 2.36. The molecular weight excluding hydrogens is 508 g/mol. The monoisotopic (exact) mass is 531 g/mol. The molecule has 198 valence electrons. The van der Waals surface area contributed by atoms with E-state index in [1.807, 2.05) is 0 Å². The maximum atomic E-state index is 15.0. The first-order valence-corrected chi connectivity index (χ1v) is 11.8. The Kier molecular flexibility index (Phi) is 6.81. The molecule has 0 spiro atoms. The third kappa shape index (κ3) is 4.48. The van der Waals surface area contributed by atoms with Crippen molar-refractivity contribution in [1.82, 2.24) is 29.6 Å². The van der Waals surface area contributed by atoms with Crippen molar-refractivity contribution in [1.29, 1.82) is 0 Å². The van der Waals surface area contributed by atoms with Crippen LogP contribution in [0.1, 0.15) is 23.7 Å². The predicted molar refractivity (Wildman–Crippen MR) is 139 cm³/mol. The molecule has 3 aromatic heterocycles. The first-order valence-electron chi connectivity index (χ1n) is 11.8. The van der Waals surface area contributed by atoms with Crippen molar-refractivity contribution in [2.24, 2.45) is 0 Å². The number of benzene rings is 1. The summed E-state index contributed by atoms with van der Waals surface area (Å²) in [4.78, 5) is 26.9. The molecule has 1 aliphatic rings. The Balaban J connectivity index is 1.73. The van der Waals surface area contributed by atoms with Gasteiger partial charge in [-0.3, -0.25) is 9.48 Å². The van der Waals surface area contributed by atoms with Crippen molar-refractivity contribution >= 4 is 22.6 Å². The SMILES string of the molecule is C=CC(=O)N1CC[C@H](n2nc(C#Cc3c(F)c(OC)cc(OC)c3F)c3c(N)ncc(-c4ncccn4)c32)C1. The molecule has 1 aliphatic heterocycles. The van der Waals surface area contributed by atoms with Crippen LogP contribution in [-0.4, -0.2) is 62.8 Å². The molecule has 0 radical (unpaired) electrons. The van der Waals surface area contributed by atoms with Gasteiger partial charge in [-0.1, -0.05) is 12.5 Å². The summed E-state index contributed by atoms with van der Waals surface area (Å²) in [5, 5.41) is 5.07. The van der Waals surface area contributed by atoms with Gasteiger partial charge in [0.25, 0.3) is 0 Å². The summed E-state index contributed by atoms with van der Waals surface area (Å²) in [6.07, 6.45) is 6.58. The summed E-state index contributed by atoms with van der Waals surface area (Å²) >= 11 is 0. The molecule has 0 unspecified atom stereocenters. The minimum absolute atomic E-state index is 0.112. The zero-order chi connectivity index (χ0) is 27.7. The van der Waals surface area contributed by atoms with E-state index in [0.717, 1.165) is 6.07 Å². The number of halogens is 2. The van der Waals surface area contributed by atoms with Crippen LogP contribution >= 0.6 is 0 Å². The van der Waals surface area contributed by atoms with E-state index in [9.17, 15) is 13.6 Å². The van der Waals surface area contributed by atoms with Gasteiger partial charge >= 0.3 is 0 Å². The number of methoxy groups -OCH3 is 2. The zero-order valence-corrected chi connectivity index (χ0v) is 21.1. The number of nitrogens with zero attached hydrogens (tertiary/aromatic N) is 6. The molecule has 10 nitrogen and oxygen atoms in total. The lowest BCUT2D eigenvalue weighted by atomic mass is 10.1. The second-order valence-corrected chi connectivity index (χ2v) is 8.61. The molecule has 1 amide bonds. The van der Waals surface area contributed by atoms with Gasteiger partial charge in [0.05, 0.1) is 36.7 Å². The number of hydrogen-bond acceptors (Lipinski definition) is 8. The van der Waals surface area contributed by atoms with Gasteiger partial charge in [-0.05, 0) is 24.5 Å². The molecule has 1 fully saturated rings. The molecule has 0 aliphatic carbocycles. The second-order valence-electron chi connectivity index (χ2n) is 8.61. The molecule has 12 heteroatoms. The second kappa shape index (κ2) is 10.4. The Morgan fingerprint density at radius 2 is 1.85 bits per heavy atom. The highest BCUT2D eigenvalue weighted by Gasteiger charge is 2.30. The summed E-state index contributed by atoms with van der Waals surface area (Å²) in [6, 6.07) is 2.53. The lowest BCUT2D eigenvalue weighted by Gasteiger charge is -2.16. The number of hydrogen-bond donors (Lipinski definition) is 1. The van der Waals surface area contributed by atoms with Crippen molar-refractivity contribution in [3.05, 3.63) is 66.3 Å². The highest BCUT2D eigenvalue weighted by molar-refractivity contribution is 6.01. The number of amides is 1. The number of nitrogens with two attached hydrogens (primary N) is 1. The molecule has 0 saturated carbocycles. The molecule has 2 N–H and O–H groups in total. The fraction of sp³-hybridized carbons (Fsp3) is 0.222. The van der Waals surface area contributed by atoms with Gasteiger partial charge in [0.1, 0.15) is 17.1 Å². The lowest BCUT2D eigenvalue weighted by Crippen LogP contribution is -2.27. The maximum absolute atomic E-state index is 15.0. The Bertz CT molecular complexity index is 1630. The molecule has 4 aromatic rings. The Hall–Kier alpha value is -5.05. The fourth-order valence-electron chi connectivity index (χ4n) is 4.54. The van der Waals surface area contributed by atoms with Crippen molar-refractivity contribution < 1.29 is 23.0 Å². The number of rotatable bonds is 5. The van der Waals surface area contributed by atoms with Gasteiger partial charge in [0.2, 0.25) is 5.91 Å². The van der Waals surface area contributed by atoms with Gasteiger partial charge in [-0.25, -0.2) is 23.7 Å². The van der Waals surface area contributed by atoms with Crippen LogP contribution in [0.2, 0.25) is 0 Å². The fourth-order valence-corrected chi connectivity index (χ4v) is 4.54. The number of nitrogen functional groups attached to an aromatic ring is 1. The van der Waals surface area contributed by atoms with Crippen LogP contribution in [0.25, 0.3) is 22.3 Å². The third-order valence-electron chi connectivity index (χ3n) is 6.44. The number of carbonyl (C=O) groups is 1. The summed E-state index contributed by atoms with van der Waals surface area (Å²) in [6.45, 7) is 4.42. The zero-order valence-electron chi connectivity index (χ0n) is 21.1. The summed E-state index contributed by atoms with van der Waals surface area (Å²) in [5.41, 5.74) is 6.96. The van der Waals surface area contributed by atoms with E-state index in [1.54, 1.807) is 28.0 Å². The van der Waals surface area contributed by atoms with Crippen molar-refractivity contribution in [3.63, 3.8) is 0 Å². The van der Waals surface area contributed by atoms with Crippen LogP contribution in [0.5, 0.6) is 11.5 Å². The van der Waals surface area contributed by atoms with Crippen LogP contribution in [0.3, 0.4) is 0 Å². The first kappa shape index (κ1) is 25.6. The largest absolute Gasteiger partial charge is 0.493 e. The normalized spacial score (nSPS) is 14.7. The Morgan fingerprint density at radius 3 is 2.49 bits per heavy atom. The van der Waals surface area contributed by atoms with Gasteiger partial charge < -0.3 is 20.1 Å². The van der Waals surface area contributed by atoms with Crippen LogP contribution < -0.4 is 15.2 Å². The molecule has 1 aromatic carbocycles. The molecular formula is C27H23F2N7O3. The third-order valence-corrected chi connectivity index (χ3v) is 6.44. The number of ether oxygens (including phenoxy) is 2. The number of pyridine rings is 1. The van der Waals surface area contributed by atoms with Crippen LogP contribution in [-0.2, 0) is 4.79 Å². The quantitative estimate of drug-likeness (QED) is 0.308.